The molecule has 1 aliphatic heterocycles. The molecule has 0 radical (unpaired) electrons. The van der Waals surface area contributed by atoms with Gasteiger partial charge >= 0.3 is 0 Å². The minimum absolute atomic E-state index is 0.129. The number of halogens is 1. The number of rotatable bonds is 8. The van der Waals surface area contributed by atoms with E-state index in [0.29, 0.717) is 36.5 Å². The Kier molecular flexibility index (Phi) is 6.99. The molecule has 2 heterocycles. The highest BCUT2D eigenvalue weighted by atomic mass is 19.1. The van der Waals surface area contributed by atoms with Crippen LogP contribution >= 0.6 is 0 Å². The fourth-order valence-corrected chi connectivity index (χ4v) is 3.74. The number of para-hydroxylation sites is 1. The van der Waals surface area contributed by atoms with Gasteiger partial charge < -0.3 is 14.1 Å². The van der Waals surface area contributed by atoms with E-state index in [1.54, 1.807) is 24.3 Å². The third kappa shape index (κ3) is 5.73. The van der Waals surface area contributed by atoms with Crippen molar-refractivity contribution < 1.29 is 18.3 Å². The summed E-state index contributed by atoms with van der Waals surface area (Å²) in [5.74, 6) is 1.89. The Morgan fingerprint density at radius 3 is 2.45 bits per heavy atom. The van der Waals surface area contributed by atoms with Crippen molar-refractivity contribution in [3.8, 4) is 17.1 Å². The van der Waals surface area contributed by atoms with Crippen LogP contribution in [0.4, 0.5) is 4.39 Å². The molecule has 1 aliphatic rings. The molecule has 0 N–H and O–H groups in total. The molecule has 4 rings (SSSR count). The second-order valence-electron chi connectivity index (χ2n) is 7.63. The summed E-state index contributed by atoms with van der Waals surface area (Å²) < 4.78 is 25.4. The van der Waals surface area contributed by atoms with Gasteiger partial charge in [0.2, 0.25) is 5.91 Å². The van der Waals surface area contributed by atoms with E-state index in [4.69, 9.17) is 9.15 Å². The maximum atomic E-state index is 13.9. The molecule has 1 amide bonds. The number of ether oxygens (including phenoxy) is 1. The molecule has 0 aliphatic carbocycles. The Balaban J connectivity index is 1.18. The fourth-order valence-electron chi connectivity index (χ4n) is 3.74. The van der Waals surface area contributed by atoms with E-state index in [1.807, 2.05) is 41.3 Å². The molecule has 0 bridgehead atoms. The van der Waals surface area contributed by atoms with E-state index in [2.05, 4.69) is 4.90 Å². The van der Waals surface area contributed by atoms with Crippen LogP contribution in [0.5, 0.6) is 5.75 Å². The first-order valence-electron chi connectivity index (χ1n) is 10.7. The highest BCUT2D eigenvalue weighted by Gasteiger charge is 2.21. The summed E-state index contributed by atoms with van der Waals surface area (Å²) in [5.41, 5.74) is 0.437. The molecule has 6 heteroatoms. The average Bonchev–Trinajstić information content (AvgIpc) is 3.28. The van der Waals surface area contributed by atoms with Crippen LogP contribution in [0.25, 0.3) is 11.3 Å². The van der Waals surface area contributed by atoms with Crippen LogP contribution < -0.4 is 4.74 Å². The summed E-state index contributed by atoms with van der Waals surface area (Å²) in [5, 5.41) is 0. The number of carbonyl (C=O) groups excluding carboxylic acids is 1. The number of hydrogen-bond donors (Lipinski definition) is 0. The SMILES string of the molecule is O=C(CCc1ccc(-c2ccccc2F)o1)N1CCN(CCOc2ccccc2)CC1. The monoisotopic (exact) mass is 422 g/mol. The van der Waals surface area contributed by atoms with Crippen LogP contribution in [-0.4, -0.2) is 55.0 Å². The van der Waals surface area contributed by atoms with Gasteiger partial charge in [-0.25, -0.2) is 4.39 Å². The lowest BCUT2D eigenvalue weighted by Gasteiger charge is -2.34. The van der Waals surface area contributed by atoms with Crippen LogP contribution in [0.2, 0.25) is 0 Å². The molecule has 1 aromatic heterocycles. The molecule has 0 unspecified atom stereocenters. The average molecular weight is 423 g/mol. The minimum atomic E-state index is -0.313. The summed E-state index contributed by atoms with van der Waals surface area (Å²) in [6.07, 6.45) is 0.903. The number of nitrogens with zero attached hydrogens (tertiary/aromatic N) is 2. The van der Waals surface area contributed by atoms with Crippen molar-refractivity contribution in [2.45, 2.75) is 12.8 Å². The Bertz CT molecular complexity index is 981. The van der Waals surface area contributed by atoms with Gasteiger partial charge in [0.15, 0.2) is 0 Å². The van der Waals surface area contributed by atoms with Crippen molar-refractivity contribution in [1.29, 1.82) is 0 Å². The van der Waals surface area contributed by atoms with E-state index in [0.717, 1.165) is 38.5 Å². The van der Waals surface area contributed by atoms with Gasteiger partial charge in [0, 0.05) is 45.6 Å². The van der Waals surface area contributed by atoms with Gasteiger partial charge in [-0.1, -0.05) is 30.3 Å². The Morgan fingerprint density at radius 2 is 1.68 bits per heavy atom. The second kappa shape index (κ2) is 10.3. The zero-order valence-corrected chi connectivity index (χ0v) is 17.5. The van der Waals surface area contributed by atoms with Crippen LogP contribution in [-0.2, 0) is 11.2 Å². The first-order chi connectivity index (χ1) is 15.2. The van der Waals surface area contributed by atoms with Gasteiger partial charge in [0.1, 0.15) is 29.7 Å². The van der Waals surface area contributed by atoms with Gasteiger partial charge in [-0.3, -0.25) is 9.69 Å². The normalized spacial score (nSPS) is 14.5. The quantitative estimate of drug-likeness (QED) is 0.545. The van der Waals surface area contributed by atoms with Crippen LogP contribution in [0.3, 0.4) is 0 Å². The summed E-state index contributed by atoms with van der Waals surface area (Å²) >= 11 is 0. The number of carbonyl (C=O) groups is 1. The maximum Gasteiger partial charge on any atom is 0.223 e. The molecule has 0 atom stereocenters. The summed E-state index contributed by atoms with van der Waals surface area (Å²) in [4.78, 5) is 16.8. The summed E-state index contributed by atoms with van der Waals surface area (Å²) in [6.45, 7) is 4.64. The predicted molar refractivity (Wildman–Crippen MR) is 117 cm³/mol. The largest absolute Gasteiger partial charge is 0.492 e. The number of furan rings is 1. The molecular weight excluding hydrogens is 395 g/mol. The maximum absolute atomic E-state index is 13.9. The molecule has 5 nitrogen and oxygen atoms in total. The van der Waals surface area contributed by atoms with Gasteiger partial charge in [0.25, 0.3) is 0 Å². The zero-order chi connectivity index (χ0) is 21.5. The van der Waals surface area contributed by atoms with E-state index < -0.39 is 0 Å². The molecule has 3 aromatic rings. The van der Waals surface area contributed by atoms with Crippen LogP contribution in [0.1, 0.15) is 12.2 Å². The van der Waals surface area contributed by atoms with E-state index in [9.17, 15) is 9.18 Å². The van der Waals surface area contributed by atoms with Gasteiger partial charge in [-0.2, -0.15) is 0 Å². The molecule has 0 spiro atoms. The Labute approximate surface area is 182 Å². The number of piperazine rings is 1. The highest BCUT2D eigenvalue weighted by molar-refractivity contribution is 5.76. The first-order valence-corrected chi connectivity index (χ1v) is 10.7. The number of hydrogen-bond acceptors (Lipinski definition) is 4. The lowest BCUT2D eigenvalue weighted by atomic mass is 10.1. The van der Waals surface area contributed by atoms with Gasteiger partial charge in [-0.05, 0) is 36.4 Å². The van der Waals surface area contributed by atoms with Crippen molar-refractivity contribution >= 4 is 5.91 Å². The molecule has 162 valence electrons. The third-order valence-electron chi connectivity index (χ3n) is 5.53. The van der Waals surface area contributed by atoms with E-state index in [-0.39, 0.29) is 11.7 Å². The number of benzene rings is 2. The van der Waals surface area contributed by atoms with Crippen LogP contribution in [0, 0.1) is 5.82 Å². The standard InChI is InChI=1S/C25H27FN2O3/c26-23-9-5-4-8-22(23)24-12-10-21(31-24)11-13-25(29)28-16-14-27(15-17-28)18-19-30-20-6-2-1-3-7-20/h1-10,12H,11,13-19H2. The molecule has 2 aromatic carbocycles. The van der Waals surface area contributed by atoms with Crippen molar-refractivity contribution in [2.24, 2.45) is 0 Å². The lowest BCUT2D eigenvalue weighted by molar-refractivity contribution is -0.133. The first kappa shape index (κ1) is 21.1. The van der Waals surface area contributed by atoms with Crippen molar-refractivity contribution in [3.63, 3.8) is 0 Å². The highest BCUT2D eigenvalue weighted by Crippen LogP contribution is 2.25. The van der Waals surface area contributed by atoms with E-state index >= 15 is 0 Å². The Morgan fingerprint density at radius 1 is 0.935 bits per heavy atom. The summed E-state index contributed by atoms with van der Waals surface area (Å²) in [6, 6.07) is 19.9. The number of aryl methyl sites for hydroxylation is 1. The molecular formula is C25H27FN2O3. The zero-order valence-electron chi connectivity index (χ0n) is 17.5. The smallest absolute Gasteiger partial charge is 0.223 e. The molecule has 31 heavy (non-hydrogen) atoms. The van der Waals surface area contributed by atoms with Gasteiger partial charge in [0.05, 0.1) is 5.56 Å². The van der Waals surface area contributed by atoms with Crippen molar-refractivity contribution in [3.05, 3.63) is 78.3 Å². The summed E-state index contributed by atoms with van der Waals surface area (Å²) in [7, 11) is 0. The Hall–Kier alpha value is -3.12. The van der Waals surface area contributed by atoms with E-state index in [1.165, 1.54) is 6.07 Å². The van der Waals surface area contributed by atoms with Crippen molar-refractivity contribution in [2.75, 3.05) is 39.3 Å². The van der Waals surface area contributed by atoms with Gasteiger partial charge in [-0.15, -0.1) is 0 Å². The van der Waals surface area contributed by atoms with Crippen molar-refractivity contribution in [1.82, 2.24) is 9.80 Å². The third-order valence-corrected chi connectivity index (χ3v) is 5.53. The lowest BCUT2D eigenvalue weighted by Crippen LogP contribution is -2.49. The molecule has 1 saturated heterocycles. The second-order valence-corrected chi connectivity index (χ2v) is 7.63. The number of amides is 1. The molecule has 1 fully saturated rings. The molecule has 0 saturated carbocycles. The predicted octanol–water partition coefficient (Wildman–Crippen LogP) is 4.24. The topological polar surface area (TPSA) is 45.9 Å². The fraction of sp³-hybridized carbons (Fsp3) is 0.320. The van der Waals surface area contributed by atoms with Crippen LogP contribution in [0.15, 0.2) is 71.1 Å². The minimum Gasteiger partial charge on any atom is -0.492 e.